The van der Waals surface area contributed by atoms with Gasteiger partial charge < -0.3 is 5.32 Å². The molecular weight excluding hydrogens is 346 g/mol. The molecule has 0 unspecified atom stereocenters. The first-order valence-electron chi connectivity index (χ1n) is 7.83. The minimum Gasteiger partial charge on any atom is -0.349 e. The van der Waals surface area contributed by atoms with E-state index in [1.807, 2.05) is 30.5 Å². The third-order valence-corrected chi connectivity index (χ3v) is 5.19. The molecule has 24 heavy (non-hydrogen) atoms. The highest BCUT2D eigenvalue weighted by Gasteiger charge is 2.24. The zero-order valence-corrected chi connectivity index (χ0v) is 14.9. The van der Waals surface area contributed by atoms with Gasteiger partial charge in [-0.25, -0.2) is 4.98 Å². The summed E-state index contributed by atoms with van der Waals surface area (Å²) in [5.41, 5.74) is 1.56. The molecule has 0 spiro atoms. The molecule has 3 rings (SSSR count). The largest absolute Gasteiger partial charge is 0.349 e. The fraction of sp³-hybridized carbons (Fsp3) is 0.353. The number of halogens is 1. The van der Waals surface area contributed by atoms with Gasteiger partial charge in [-0.15, -0.1) is 11.3 Å². The molecule has 7 heteroatoms. The maximum atomic E-state index is 12.2. The number of carbonyl (C=O) groups excluding carboxylic acids is 2. The molecule has 2 heterocycles. The summed E-state index contributed by atoms with van der Waals surface area (Å²) in [5.74, 6) is -0.0142. The van der Waals surface area contributed by atoms with Gasteiger partial charge in [-0.2, -0.15) is 0 Å². The van der Waals surface area contributed by atoms with E-state index in [0.717, 1.165) is 12.0 Å². The lowest BCUT2D eigenvalue weighted by Gasteiger charge is -2.15. The van der Waals surface area contributed by atoms with Crippen LogP contribution < -0.4 is 10.2 Å². The van der Waals surface area contributed by atoms with Crippen LogP contribution in [0.4, 0.5) is 5.13 Å². The van der Waals surface area contributed by atoms with Gasteiger partial charge in [0.25, 0.3) is 0 Å². The van der Waals surface area contributed by atoms with E-state index in [9.17, 15) is 9.59 Å². The maximum absolute atomic E-state index is 12.2. The number of hydrogen-bond acceptors (Lipinski definition) is 4. The average molecular weight is 364 g/mol. The number of amides is 2. The van der Waals surface area contributed by atoms with Crippen molar-refractivity contribution in [2.75, 3.05) is 11.4 Å². The summed E-state index contributed by atoms with van der Waals surface area (Å²) in [6.45, 7) is 2.61. The van der Waals surface area contributed by atoms with Crippen molar-refractivity contribution in [1.82, 2.24) is 10.3 Å². The number of rotatable bonds is 5. The van der Waals surface area contributed by atoms with Crippen molar-refractivity contribution in [2.24, 2.45) is 0 Å². The van der Waals surface area contributed by atoms with Gasteiger partial charge in [0.15, 0.2) is 5.13 Å². The second-order valence-electron chi connectivity index (χ2n) is 5.76. The molecule has 0 radical (unpaired) electrons. The van der Waals surface area contributed by atoms with E-state index in [1.165, 1.54) is 11.3 Å². The van der Waals surface area contributed by atoms with Crippen molar-refractivity contribution < 1.29 is 9.59 Å². The molecule has 0 bridgehead atoms. The van der Waals surface area contributed by atoms with Gasteiger partial charge in [0.05, 0.1) is 18.2 Å². The Kier molecular flexibility index (Phi) is 5.16. The number of nitrogens with one attached hydrogen (secondary N) is 1. The number of hydrogen-bond donors (Lipinski definition) is 1. The highest BCUT2D eigenvalue weighted by molar-refractivity contribution is 7.14. The molecule has 2 amide bonds. The van der Waals surface area contributed by atoms with Gasteiger partial charge in [-0.3, -0.25) is 14.5 Å². The van der Waals surface area contributed by atoms with Crippen LogP contribution in [0, 0.1) is 0 Å². The zero-order valence-electron chi connectivity index (χ0n) is 13.3. The van der Waals surface area contributed by atoms with Crippen LogP contribution in [0.5, 0.6) is 0 Å². The molecule has 5 nitrogen and oxygen atoms in total. The molecule has 1 aromatic heterocycles. The molecule has 2 aromatic rings. The Morgan fingerprint density at radius 3 is 2.96 bits per heavy atom. The number of anilines is 1. The Morgan fingerprint density at radius 1 is 1.46 bits per heavy atom. The molecule has 1 atom stereocenters. The maximum Gasteiger partial charge on any atom is 0.228 e. The quantitative estimate of drug-likeness (QED) is 0.886. The van der Waals surface area contributed by atoms with Crippen LogP contribution in [-0.4, -0.2) is 23.3 Å². The lowest BCUT2D eigenvalue weighted by molar-refractivity contribution is -0.121. The summed E-state index contributed by atoms with van der Waals surface area (Å²) >= 11 is 7.56. The number of carbonyl (C=O) groups is 2. The first-order chi connectivity index (χ1) is 11.5. The lowest BCUT2D eigenvalue weighted by Crippen LogP contribution is -2.28. The van der Waals surface area contributed by atoms with Crippen LogP contribution in [0.15, 0.2) is 29.6 Å². The zero-order chi connectivity index (χ0) is 17.1. The minimum atomic E-state index is -0.176. The van der Waals surface area contributed by atoms with Gasteiger partial charge in [0.2, 0.25) is 11.8 Å². The fourth-order valence-corrected chi connectivity index (χ4v) is 3.88. The molecule has 0 aliphatic carbocycles. The predicted molar refractivity (Wildman–Crippen MR) is 95.4 cm³/mol. The smallest absolute Gasteiger partial charge is 0.228 e. The Morgan fingerprint density at radius 2 is 2.25 bits per heavy atom. The number of benzene rings is 1. The molecular formula is C17H18ClN3O2S. The second-order valence-corrected chi connectivity index (χ2v) is 7.00. The minimum absolute atomic E-state index is 0.104. The van der Waals surface area contributed by atoms with Crippen molar-refractivity contribution in [3.8, 4) is 0 Å². The second kappa shape index (κ2) is 7.32. The summed E-state index contributed by atoms with van der Waals surface area (Å²) in [5, 5.41) is 6.08. The standard InChI is InChI=1S/C17H18ClN3O2S/c1-11(13-5-2-3-6-14(13)18)19-15(22)9-12-10-24-17(20-12)21-8-4-7-16(21)23/h2-3,5-6,10-11H,4,7-9H2,1H3,(H,19,22)/t11-/m0/s1. The topological polar surface area (TPSA) is 62.3 Å². The van der Waals surface area contributed by atoms with E-state index in [0.29, 0.717) is 28.8 Å². The van der Waals surface area contributed by atoms with Crippen LogP contribution in [0.2, 0.25) is 5.02 Å². The third kappa shape index (κ3) is 3.76. The molecule has 0 saturated carbocycles. The van der Waals surface area contributed by atoms with E-state index >= 15 is 0 Å². The number of nitrogens with zero attached hydrogens (tertiary/aromatic N) is 2. The van der Waals surface area contributed by atoms with Gasteiger partial charge in [-0.05, 0) is 25.0 Å². The van der Waals surface area contributed by atoms with Crippen molar-refractivity contribution in [3.05, 3.63) is 45.9 Å². The molecule has 1 saturated heterocycles. The molecule has 126 valence electrons. The SMILES string of the molecule is C[C@H](NC(=O)Cc1csc(N2CCCC2=O)n1)c1ccccc1Cl. The van der Waals surface area contributed by atoms with E-state index in [4.69, 9.17) is 11.6 Å². The first-order valence-corrected chi connectivity index (χ1v) is 9.09. The van der Waals surface area contributed by atoms with Crippen molar-refractivity contribution >= 4 is 39.9 Å². The monoisotopic (exact) mass is 363 g/mol. The first kappa shape index (κ1) is 16.9. The fourth-order valence-electron chi connectivity index (χ4n) is 2.71. The highest BCUT2D eigenvalue weighted by Crippen LogP contribution is 2.26. The summed E-state index contributed by atoms with van der Waals surface area (Å²) in [4.78, 5) is 30.1. The lowest BCUT2D eigenvalue weighted by atomic mass is 10.1. The molecule has 1 aromatic carbocycles. The Bertz CT molecular complexity index is 762. The highest BCUT2D eigenvalue weighted by atomic mass is 35.5. The molecule has 1 aliphatic rings. The van der Waals surface area contributed by atoms with Gasteiger partial charge in [0, 0.05) is 23.4 Å². The summed E-state index contributed by atoms with van der Waals surface area (Å²) in [7, 11) is 0. The van der Waals surface area contributed by atoms with E-state index in [1.54, 1.807) is 11.0 Å². The molecule has 1 N–H and O–H groups in total. The Balaban J connectivity index is 1.60. The van der Waals surface area contributed by atoms with E-state index in [2.05, 4.69) is 10.3 Å². The summed E-state index contributed by atoms with van der Waals surface area (Å²) in [6, 6.07) is 7.27. The molecule has 1 fully saturated rings. The Labute approximate surface area is 149 Å². The number of thiazole rings is 1. The average Bonchev–Trinajstić information content (AvgIpc) is 3.16. The van der Waals surface area contributed by atoms with Gasteiger partial charge >= 0.3 is 0 Å². The van der Waals surface area contributed by atoms with E-state index in [-0.39, 0.29) is 24.3 Å². The van der Waals surface area contributed by atoms with Crippen molar-refractivity contribution in [2.45, 2.75) is 32.2 Å². The van der Waals surface area contributed by atoms with Gasteiger partial charge in [0.1, 0.15) is 0 Å². The van der Waals surface area contributed by atoms with Gasteiger partial charge in [-0.1, -0.05) is 29.8 Å². The van der Waals surface area contributed by atoms with E-state index < -0.39 is 0 Å². The normalized spacial score (nSPS) is 15.6. The summed E-state index contributed by atoms with van der Waals surface area (Å²) in [6.07, 6.45) is 1.63. The van der Waals surface area contributed by atoms with Crippen LogP contribution >= 0.6 is 22.9 Å². The molecule has 1 aliphatic heterocycles. The number of aromatic nitrogens is 1. The predicted octanol–water partition coefficient (Wildman–Crippen LogP) is 3.34. The van der Waals surface area contributed by atoms with Crippen LogP contribution in [0.3, 0.4) is 0 Å². The third-order valence-electron chi connectivity index (χ3n) is 3.93. The van der Waals surface area contributed by atoms with Crippen molar-refractivity contribution in [1.29, 1.82) is 0 Å². The summed E-state index contributed by atoms with van der Waals surface area (Å²) < 4.78 is 0. The van der Waals surface area contributed by atoms with Crippen LogP contribution in [0.1, 0.15) is 37.1 Å². The Hall–Kier alpha value is -1.92. The van der Waals surface area contributed by atoms with Crippen LogP contribution in [-0.2, 0) is 16.0 Å². The van der Waals surface area contributed by atoms with Crippen molar-refractivity contribution in [3.63, 3.8) is 0 Å². The van der Waals surface area contributed by atoms with Crippen LogP contribution in [0.25, 0.3) is 0 Å².